The first-order valence-corrected chi connectivity index (χ1v) is 11.9. The minimum Gasteiger partial charge on any atom is -0.507 e. The molecule has 0 atom stereocenters. The van der Waals surface area contributed by atoms with Gasteiger partial charge in [0.05, 0.1) is 0 Å². The molecule has 0 bridgehead atoms. The summed E-state index contributed by atoms with van der Waals surface area (Å²) in [6, 6.07) is 0. The average molecular weight is 441 g/mol. The molecular weight excluding hydrogens is 388 g/mol. The van der Waals surface area contributed by atoms with Crippen LogP contribution in [0, 0.1) is 0 Å². The van der Waals surface area contributed by atoms with Gasteiger partial charge in [-0.3, -0.25) is 0 Å². The highest BCUT2D eigenvalue weighted by Crippen LogP contribution is 2.27. The molecule has 0 rings (SSSR count). The van der Waals surface area contributed by atoms with Gasteiger partial charge in [0.25, 0.3) is 0 Å². The molecule has 1 N–H and O–H groups in total. The minimum absolute atomic E-state index is 0.153. The first-order valence-electron chi connectivity index (χ1n) is 11.9. The van der Waals surface area contributed by atoms with Crippen molar-refractivity contribution in [3.63, 3.8) is 0 Å². The summed E-state index contributed by atoms with van der Waals surface area (Å²) in [6.07, 6.45) is 22.1. The quantitative estimate of drug-likeness (QED) is 0.279. The van der Waals surface area contributed by atoms with Gasteiger partial charge in [0.15, 0.2) is 0 Å². The van der Waals surface area contributed by atoms with Crippen molar-refractivity contribution in [1.82, 2.24) is 0 Å². The molecule has 0 heterocycles. The Bertz CT molecular complexity index is 657. The molecular formula is C31H52O. The summed E-state index contributed by atoms with van der Waals surface area (Å²) in [5.41, 5.74) is 3.08. The molecule has 0 aliphatic heterocycles. The van der Waals surface area contributed by atoms with Crippen molar-refractivity contribution in [2.75, 3.05) is 0 Å². The van der Waals surface area contributed by atoms with Crippen LogP contribution in [-0.4, -0.2) is 5.11 Å². The molecule has 1 nitrogen and oxygen atoms in total. The van der Waals surface area contributed by atoms with E-state index < -0.39 is 0 Å². The zero-order chi connectivity index (χ0) is 26.4. The maximum Gasteiger partial charge on any atom is 0.131 e. The number of hydrogen-bond acceptors (Lipinski definition) is 1. The van der Waals surface area contributed by atoms with Crippen LogP contribution in [0.4, 0.5) is 0 Å². The van der Waals surface area contributed by atoms with E-state index in [1.807, 2.05) is 125 Å². The van der Waals surface area contributed by atoms with Crippen molar-refractivity contribution in [2.45, 2.75) is 76.2 Å². The highest BCUT2D eigenvalue weighted by atomic mass is 16.3. The van der Waals surface area contributed by atoms with E-state index in [1.54, 1.807) is 24.3 Å². The summed E-state index contributed by atoms with van der Waals surface area (Å²) in [5.74, 6) is 0.153. The van der Waals surface area contributed by atoms with E-state index in [4.69, 9.17) is 0 Å². The Morgan fingerprint density at radius 2 is 1.16 bits per heavy atom. The SMILES string of the molecule is C=C\C=C/C(=C\C)C(/C=C)=C(O)/C(=C\C=C)C(/C=C\C)=C/C=C\C.CC.CC.CC.CC. The van der Waals surface area contributed by atoms with Gasteiger partial charge in [0.1, 0.15) is 5.76 Å². The molecule has 1 heteroatoms. The van der Waals surface area contributed by atoms with Gasteiger partial charge >= 0.3 is 0 Å². The minimum atomic E-state index is 0.153. The lowest BCUT2D eigenvalue weighted by Gasteiger charge is -2.13. The fraction of sp³-hybridized carbons (Fsp3) is 0.355. The van der Waals surface area contributed by atoms with E-state index in [9.17, 15) is 5.11 Å². The first kappa shape index (κ1) is 39.7. The third-order valence-electron chi connectivity index (χ3n) is 3.16. The van der Waals surface area contributed by atoms with Gasteiger partial charge in [0, 0.05) is 11.1 Å². The molecule has 0 fully saturated rings. The summed E-state index contributed by atoms with van der Waals surface area (Å²) < 4.78 is 0. The van der Waals surface area contributed by atoms with Gasteiger partial charge < -0.3 is 5.11 Å². The van der Waals surface area contributed by atoms with Crippen LogP contribution in [-0.2, 0) is 0 Å². The number of rotatable bonds is 9. The van der Waals surface area contributed by atoms with Crippen LogP contribution < -0.4 is 0 Å². The Morgan fingerprint density at radius 1 is 0.625 bits per heavy atom. The second kappa shape index (κ2) is 35.6. The molecule has 0 aliphatic rings. The Balaban J connectivity index is -0.000000271. The predicted molar refractivity (Wildman–Crippen MR) is 154 cm³/mol. The lowest BCUT2D eigenvalue weighted by molar-refractivity contribution is 0.421. The Kier molecular flexibility index (Phi) is 44.1. The normalized spacial score (nSPS) is 12.2. The van der Waals surface area contributed by atoms with Crippen LogP contribution in [0.2, 0.25) is 0 Å². The monoisotopic (exact) mass is 440 g/mol. The lowest BCUT2D eigenvalue weighted by atomic mass is 9.95. The molecule has 0 amide bonds. The van der Waals surface area contributed by atoms with Gasteiger partial charge in [-0.15, -0.1) is 0 Å². The van der Waals surface area contributed by atoms with Crippen molar-refractivity contribution in [3.8, 4) is 0 Å². The van der Waals surface area contributed by atoms with Crippen LogP contribution in [0.3, 0.4) is 0 Å². The van der Waals surface area contributed by atoms with Gasteiger partial charge in [-0.05, 0) is 31.9 Å². The molecule has 0 aromatic carbocycles. The predicted octanol–water partition coefficient (Wildman–Crippen LogP) is 11.0. The van der Waals surface area contributed by atoms with E-state index in [1.165, 1.54) is 0 Å². The Labute approximate surface area is 202 Å². The van der Waals surface area contributed by atoms with Crippen molar-refractivity contribution < 1.29 is 5.11 Å². The fourth-order valence-electron chi connectivity index (χ4n) is 2.05. The Morgan fingerprint density at radius 3 is 1.50 bits per heavy atom. The van der Waals surface area contributed by atoms with Gasteiger partial charge in [-0.2, -0.15) is 0 Å². The third kappa shape index (κ3) is 19.2. The molecule has 0 unspecified atom stereocenters. The largest absolute Gasteiger partial charge is 0.507 e. The van der Waals surface area contributed by atoms with E-state index in [0.29, 0.717) is 11.1 Å². The first-order chi connectivity index (χ1) is 15.6. The second-order valence-corrected chi connectivity index (χ2v) is 4.77. The fourth-order valence-corrected chi connectivity index (χ4v) is 2.05. The van der Waals surface area contributed by atoms with Crippen LogP contribution in [0.25, 0.3) is 0 Å². The van der Waals surface area contributed by atoms with Crippen molar-refractivity contribution in [2.24, 2.45) is 0 Å². The van der Waals surface area contributed by atoms with Crippen molar-refractivity contribution in [3.05, 3.63) is 121 Å². The van der Waals surface area contributed by atoms with Crippen molar-refractivity contribution >= 4 is 0 Å². The lowest BCUT2D eigenvalue weighted by Crippen LogP contribution is -1.98. The van der Waals surface area contributed by atoms with E-state index >= 15 is 0 Å². The number of allylic oxidation sites excluding steroid dienone is 15. The summed E-state index contributed by atoms with van der Waals surface area (Å²) in [5, 5.41) is 10.9. The van der Waals surface area contributed by atoms with Crippen molar-refractivity contribution in [1.29, 1.82) is 0 Å². The molecule has 0 aromatic rings. The maximum absolute atomic E-state index is 10.9. The van der Waals surface area contributed by atoms with Crippen LogP contribution >= 0.6 is 0 Å². The maximum atomic E-state index is 10.9. The molecule has 182 valence electrons. The summed E-state index contributed by atoms with van der Waals surface area (Å²) in [4.78, 5) is 0. The number of aliphatic hydroxyl groups excluding tert-OH is 1. The van der Waals surface area contributed by atoms with Crippen LogP contribution in [0.5, 0.6) is 0 Å². The standard InChI is InChI=1S/C23H28O.4C2H6/c1-7-13-17-19(11-5)21(12-6)23(24)22(16-10-4)20(15-9-3)18-14-8-2;4*1-2/h7-18,24H,1,4,6H2,2-3,5H3;4*1-2H3/b14-8-,15-9-,17-13-,19-11+,20-18+,22-16-,23-21-;;;;. The summed E-state index contributed by atoms with van der Waals surface area (Å²) >= 11 is 0. The molecule has 0 spiro atoms. The van der Waals surface area contributed by atoms with Crippen LogP contribution in [0.15, 0.2) is 121 Å². The molecule has 0 aromatic heterocycles. The molecule has 0 aliphatic carbocycles. The highest BCUT2D eigenvalue weighted by molar-refractivity contribution is 5.59. The van der Waals surface area contributed by atoms with E-state index in [0.717, 1.165) is 11.1 Å². The van der Waals surface area contributed by atoms with Gasteiger partial charge in [-0.1, -0.05) is 148 Å². The smallest absolute Gasteiger partial charge is 0.131 e. The third-order valence-corrected chi connectivity index (χ3v) is 3.16. The topological polar surface area (TPSA) is 20.2 Å². The summed E-state index contributed by atoms with van der Waals surface area (Å²) in [7, 11) is 0. The molecule has 0 saturated carbocycles. The number of aliphatic hydroxyl groups is 1. The molecule has 32 heavy (non-hydrogen) atoms. The molecule has 0 saturated heterocycles. The number of hydrogen-bond donors (Lipinski definition) is 1. The van der Waals surface area contributed by atoms with Crippen LogP contribution in [0.1, 0.15) is 76.2 Å². The highest BCUT2D eigenvalue weighted by Gasteiger charge is 2.12. The van der Waals surface area contributed by atoms with E-state index in [-0.39, 0.29) is 5.76 Å². The van der Waals surface area contributed by atoms with E-state index in [2.05, 4.69) is 19.7 Å². The average Bonchev–Trinajstić information content (AvgIpc) is 2.87. The Hall–Kier alpha value is -2.80. The second-order valence-electron chi connectivity index (χ2n) is 4.77. The molecule has 0 radical (unpaired) electrons. The van der Waals surface area contributed by atoms with Gasteiger partial charge in [0.2, 0.25) is 0 Å². The summed E-state index contributed by atoms with van der Waals surface area (Å²) in [6.45, 7) is 33.1. The van der Waals surface area contributed by atoms with Gasteiger partial charge in [-0.25, -0.2) is 0 Å². The zero-order valence-corrected chi connectivity index (χ0v) is 23.0. The zero-order valence-electron chi connectivity index (χ0n) is 23.0.